The van der Waals surface area contributed by atoms with Crippen LogP contribution >= 0.6 is 11.6 Å². The van der Waals surface area contributed by atoms with E-state index in [1.54, 1.807) is 0 Å². The van der Waals surface area contributed by atoms with Gasteiger partial charge in [0.05, 0.1) is 6.10 Å². The van der Waals surface area contributed by atoms with Crippen LogP contribution in [0.3, 0.4) is 0 Å². The molecule has 0 amide bonds. The van der Waals surface area contributed by atoms with Crippen molar-refractivity contribution in [1.29, 1.82) is 0 Å². The number of fused-ring (bicyclic) bond motifs is 1. The fraction of sp³-hybridized carbons (Fsp3) is 0.562. The van der Waals surface area contributed by atoms with Gasteiger partial charge in [0.25, 0.3) is 6.01 Å². The summed E-state index contributed by atoms with van der Waals surface area (Å²) in [5, 5.41) is 4.07. The van der Waals surface area contributed by atoms with Crippen LogP contribution in [-0.4, -0.2) is 37.3 Å². The zero-order valence-corrected chi connectivity index (χ0v) is 13.4. The van der Waals surface area contributed by atoms with Crippen LogP contribution in [0.25, 0.3) is 11.1 Å². The van der Waals surface area contributed by atoms with Crippen molar-refractivity contribution in [2.24, 2.45) is 0 Å². The van der Waals surface area contributed by atoms with Crippen molar-refractivity contribution in [2.45, 2.75) is 31.9 Å². The lowest BCUT2D eigenvalue weighted by Crippen LogP contribution is -2.50. The number of ether oxygens (including phenoxy) is 1. The molecule has 1 aromatic carbocycles. The fourth-order valence-corrected chi connectivity index (χ4v) is 3.54. The van der Waals surface area contributed by atoms with E-state index in [1.807, 2.05) is 12.1 Å². The van der Waals surface area contributed by atoms with Crippen molar-refractivity contribution in [3.8, 4) is 0 Å². The van der Waals surface area contributed by atoms with Gasteiger partial charge in [0.2, 0.25) is 0 Å². The SMILES string of the molecule is C[C@H]1CNCCN1c1nc2cc(Cl)cc([C@H]3CCCO3)c2o1. The number of oxazole rings is 1. The topological polar surface area (TPSA) is 50.5 Å². The Hall–Kier alpha value is -1.30. The van der Waals surface area contributed by atoms with Crippen LogP contribution in [0.15, 0.2) is 16.5 Å². The summed E-state index contributed by atoms with van der Waals surface area (Å²) in [5.74, 6) is 0. The van der Waals surface area contributed by atoms with E-state index in [4.69, 9.17) is 20.8 Å². The molecule has 2 atom stereocenters. The number of halogens is 1. The zero-order valence-electron chi connectivity index (χ0n) is 12.6. The molecule has 1 N–H and O–H groups in total. The first-order valence-electron chi connectivity index (χ1n) is 7.91. The smallest absolute Gasteiger partial charge is 0.298 e. The van der Waals surface area contributed by atoms with Crippen LogP contribution in [0.2, 0.25) is 5.02 Å². The number of nitrogens with zero attached hydrogens (tertiary/aromatic N) is 2. The van der Waals surface area contributed by atoms with E-state index < -0.39 is 0 Å². The van der Waals surface area contributed by atoms with Crippen LogP contribution in [0.5, 0.6) is 0 Å². The van der Waals surface area contributed by atoms with Crippen LogP contribution in [0.4, 0.5) is 6.01 Å². The number of nitrogens with one attached hydrogen (secondary N) is 1. The Bertz CT molecular complexity index is 681. The average molecular weight is 322 g/mol. The first kappa shape index (κ1) is 14.3. The van der Waals surface area contributed by atoms with E-state index in [-0.39, 0.29) is 6.10 Å². The van der Waals surface area contributed by atoms with E-state index in [1.165, 1.54) is 0 Å². The molecule has 1 aromatic heterocycles. The molecule has 0 saturated carbocycles. The van der Waals surface area contributed by atoms with Crippen LogP contribution in [0, 0.1) is 0 Å². The summed E-state index contributed by atoms with van der Waals surface area (Å²) in [6, 6.07) is 4.87. The highest BCUT2D eigenvalue weighted by Crippen LogP contribution is 2.37. The van der Waals surface area contributed by atoms with E-state index >= 15 is 0 Å². The molecular weight excluding hydrogens is 302 g/mol. The Balaban J connectivity index is 1.77. The standard InChI is InChI=1S/C16H20ClN3O2/c1-10-9-18-4-5-20(10)16-19-13-8-11(17)7-12(15(13)22-16)14-3-2-6-21-14/h7-8,10,14,18H,2-6,9H2,1H3/t10-,14+/m0/s1. The molecule has 0 bridgehead atoms. The van der Waals surface area contributed by atoms with E-state index in [9.17, 15) is 0 Å². The van der Waals surface area contributed by atoms with Gasteiger partial charge in [-0.25, -0.2) is 0 Å². The minimum absolute atomic E-state index is 0.0717. The van der Waals surface area contributed by atoms with Gasteiger partial charge in [-0.1, -0.05) is 11.6 Å². The quantitative estimate of drug-likeness (QED) is 0.921. The predicted molar refractivity (Wildman–Crippen MR) is 86.6 cm³/mol. The summed E-state index contributed by atoms with van der Waals surface area (Å²) >= 11 is 6.27. The first-order chi connectivity index (χ1) is 10.7. The maximum atomic E-state index is 6.27. The third-order valence-electron chi connectivity index (χ3n) is 4.50. The van der Waals surface area contributed by atoms with Crippen LogP contribution in [-0.2, 0) is 4.74 Å². The molecule has 118 valence electrons. The third-order valence-corrected chi connectivity index (χ3v) is 4.71. The number of hydrogen-bond acceptors (Lipinski definition) is 5. The van der Waals surface area contributed by atoms with Crippen LogP contribution in [0.1, 0.15) is 31.4 Å². The van der Waals surface area contributed by atoms with Gasteiger partial charge < -0.3 is 19.4 Å². The van der Waals surface area contributed by atoms with E-state index in [0.717, 1.165) is 55.7 Å². The summed E-state index contributed by atoms with van der Waals surface area (Å²) in [7, 11) is 0. The number of hydrogen-bond donors (Lipinski definition) is 1. The molecule has 2 aliphatic rings. The fourth-order valence-electron chi connectivity index (χ4n) is 3.32. The van der Waals surface area contributed by atoms with Crippen molar-refractivity contribution < 1.29 is 9.15 Å². The van der Waals surface area contributed by atoms with Crippen molar-refractivity contribution in [3.63, 3.8) is 0 Å². The summed E-state index contributed by atoms with van der Waals surface area (Å²) in [6.45, 7) is 5.76. The molecule has 5 nitrogen and oxygen atoms in total. The van der Waals surface area contributed by atoms with Gasteiger partial charge >= 0.3 is 0 Å². The number of aromatic nitrogens is 1. The lowest BCUT2D eigenvalue weighted by atomic mass is 10.1. The minimum Gasteiger partial charge on any atom is -0.423 e. The van der Waals surface area contributed by atoms with E-state index in [0.29, 0.717) is 17.1 Å². The van der Waals surface area contributed by atoms with Crippen molar-refractivity contribution in [2.75, 3.05) is 31.1 Å². The van der Waals surface area contributed by atoms with Gasteiger partial charge in [-0.3, -0.25) is 0 Å². The van der Waals surface area contributed by atoms with Gasteiger partial charge in [-0.05, 0) is 31.9 Å². The van der Waals surface area contributed by atoms with Gasteiger partial charge in [0.15, 0.2) is 5.58 Å². The lowest BCUT2D eigenvalue weighted by Gasteiger charge is -2.32. The Morgan fingerprint density at radius 3 is 3.09 bits per heavy atom. The number of anilines is 1. The second-order valence-corrected chi connectivity index (χ2v) is 6.52. The van der Waals surface area contributed by atoms with Gasteiger partial charge in [0, 0.05) is 42.9 Å². The molecule has 0 spiro atoms. The molecule has 2 saturated heterocycles. The second kappa shape index (κ2) is 5.72. The van der Waals surface area contributed by atoms with Crippen molar-refractivity contribution in [3.05, 3.63) is 22.7 Å². The van der Waals surface area contributed by atoms with Crippen molar-refractivity contribution >= 4 is 28.7 Å². The first-order valence-corrected chi connectivity index (χ1v) is 8.29. The maximum absolute atomic E-state index is 6.27. The molecule has 0 unspecified atom stereocenters. The average Bonchev–Trinajstić information content (AvgIpc) is 3.15. The highest BCUT2D eigenvalue weighted by atomic mass is 35.5. The molecule has 4 rings (SSSR count). The monoisotopic (exact) mass is 321 g/mol. The van der Waals surface area contributed by atoms with Gasteiger partial charge in [-0.15, -0.1) is 0 Å². The predicted octanol–water partition coefficient (Wildman–Crippen LogP) is 3.13. The minimum atomic E-state index is 0.0717. The lowest BCUT2D eigenvalue weighted by molar-refractivity contribution is 0.112. The molecule has 2 aliphatic heterocycles. The van der Waals surface area contributed by atoms with Gasteiger partial charge in [0.1, 0.15) is 5.52 Å². The molecule has 2 aromatic rings. The highest BCUT2D eigenvalue weighted by Gasteiger charge is 2.27. The molecule has 2 fully saturated rings. The Morgan fingerprint density at radius 2 is 2.32 bits per heavy atom. The van der Waals surface area contributed by atoms with Gasteiger partial charge in [-0.2, -0.15) is 4.98 Å². The Labute approximate surface area is 134 Å². The molecule has 0 aliphatic carbocycles. The molecular formula is C16H20ClN3O2. The molecule has 6 heteroatoms. The van der Waals surface area contributed by atoms with E-state index in [2.05, 4.69) is 22.1 Å². The summed E-state index contributed by atoms with van der Waals surface area (Å²) in [5.41, 5.74) is 2.66. The Kier molecular flexibility index (Phi) is 3.72. The normalized spacial score (nSPS) is 26.0. The third kappa shape index (κ3) is 2.47. The molecule has 22 heavy (non-hydrogen) atoms. The number of benzene rings is 1. The zero-order chi connectivity index (χ0) is 15.1. The largest absolute Gasteiger partial charge is 0.423 e. The highest BCUT2D eigenvalue weighted by molar-refractivity contribution is 6.31. The number of rotatable bonds is 2. The van der Waals surface area contributed by atoms with Crippen molar-refractivity contribution in [1.82, 2.24) is 10.3 Å². The summed E-state index contributed by atoms with van der Waals surface area (Å²) in [6.07, 6.45) is 2.16. The summed E-state index contributed by atoms with van der Waals surface area (Å²) in [4.78, 5) is 6.88. The van der Waals surface area contributed by atoms with Crippen LogP contribution < -0.4 is 10.2 Å². The maximum Gasteiger partial charge on any atom is 0.298 e. The summed E-state index contributed by atoms with van der Waals surface area (Å²) < 4.78 is 11.9. The molecule has 0 radical (unpaired) electrons. The number of piperazine rings is 1. The second-order valence-electron chi connectivity index (χ2n) is 6.09. The molecule has 3 heterocycles. The Morgan fingerprint density at radius 1 is 1.41 bits per heavy atom.